The minimum Gasteiger partial charge on any atom is -0.297 e. The molecule has 0 aliphatic carbocycles. The first-order valence-electron chi connectivity index (χ1n) is 5.27. The van der Waals surface area contributed by atoms with Crippen LogP contribution in [0.15, 0.2) is 30.3 Å². The molecular formula is C12H14O2S2. The summed E-state index contributed by atoms with van der Waals surface area (Å²) in [5.74, 6) is 1.53. The third-order valence-electron chi connectivity index (χ3n) is 2.72. The fourth-order valence-electron chi connectivity index (χ4n) is 1.95. The van der Waals surface area contributed by atoms with Gasteiger partial charge in [-0.25, -0.2) is 0 Å². The largest absolute Gasteiger partial charge is 0.297 e. The Labute approximate surface area is 102 Å². The molecule has 0 N–H and O–H groups in total. The van der Waals surface area contributed by atoms with Crippen LogP contribution in [0.1, 0.15) is 18.9 Å². The van der Waals surface area contributed by atoms with Crippen molar-refractivity contribution in [3.8, 4) is 0 Å². The molecule has 2 atom stereocenters. The van der Waals surface area contributed by atoms with Crippen molar-refractivity contribution in [2.45, 2.75) is 17.4 Å². The first kappa shape index (κ1) is 11.9. The number of benzene rings is 1. The van der Waals surface area contributed by atoms with Crippen molar-refractivity contribution >= 4 is 28.3 Å². The lowest BCUT2D eigenvalue weighted by Gasteiger charge is -2.33. The summed E-state index contributed by atoms with van der Waals surface area (Å²) in [5, 5.41) is 0. The highest BCUT2D eigenvalue weighted by atomic mass is 32.2. The Morgan fingerprint density at radius 3 is 2.62 bits per heavy atom. The molecule has 4 heteroatoms. The molecule has 1 aromatic carbocycles. The van der Waals surface area contributed by atoms with Crippen LogP contribution in [-0.4, -0.2) is 21.5 Å². The van der Waals surface area contributed by atoms with E-state index in [1.165, 1.54) is 11.8 Å². The fourth-order valence-corrected chi connectivity index (χ4v) is 5.66. The highest BCUT2D eigenvalue weighted by Crippen LogP contribution is 2.44. The van der Waals surface area contributed by atoms with E-state index in [0.717, 1.165) is 17.7 Å². The maximum absolute atomic E-state index is 12.2. The molecule has 1 aliphatic rings. The van der Waals surface area contributed by atoms with Gasteiger partial charge in [-0.3, -0.25) is 9.00 Å². The Bertz CT molecular complexity index is 416. The Morgan fingerprint density at radius 1 is 1.38 bits per heavy atom. The number of thioether (sulfide) groups is 1. The number of carbonyl (C=O) groups excluding carboxylic acids is 1. The van der Waals surface area contributed by atoms with Gasteiger partial charge in [-0.1, -0.05) is 30.3 Å². The smallest absolute Gasteiger partial charge is 0.174 e. The molecule has 0 radical (unpaired) electrons. The van der Waals surface area contributed by atoms with Gasteiger partial charge in [-0.2, -0.15) is 0 Å². The van der Waals surface area contributed by atoms with E-state index >= 15 is 0 Å². The van der Waals surface area contributed by atoms with Crippen LogP contribution in [0, 0.1) is 0 Å². The maximum Gasteiger partial charge on any atom is 0.174 e. The average Bonchev–Trinajstić information content (AvgIpc) is 2.30. The molecule has 2 unspecified atom stereocenters. The molecule has 1 aromatic rings. The van der Waals surface area contributed by atoms with E-state index in [4.69, 9.17) is 0 Å². The standard InChI is InChI=1S/C12H14O2S2/c1-10(13)12(11-6-3-2-4-7-11)15-8-5-9-16(12)14/h2-4,6-7H,5,8-9H2,1H3. The normalized spacial score (nSPS) is 29.9. The summed E-state index contributed by atoms with van der Waals surface area (Å²) in [6.07, 6.45) is 0.930. The predicted octanol–water partition coefficient (Wildman–Crippen LogP) is 2.31. The van der Waals surface area contributed by atoms with Gasteiger partial charge in [0, 0.05) is 16.6 Å². The van der Waals surface area contributed by atoms with Crippen LogP contribution in [-0.2, 0) is 19.7 Å². The van der Waals surface area contributed by atoms with Crippen LogP contribution >= 0.6 is 11.8 Å². The fraction of sp³-hybridized carbons (Fsp3) is 0.417. The van der Waals surface area contributed by atoms with E-state index in [0.29, 0.717) is 5.75 Å². The van der Waals surface area contributed by atoms with E-state index in [-0.39, 0.29) is 5.78 Å². The van der Waals surface area contributed by atoms with E-state index in [1.54, 1.807) is 6.92 Å². The van der Waals surface area contributed by atoms with Gasteiger partial charge in [-0.05, 0) is 24.7 Å². The van der Waals surface area contributed by atoms with E-state index in [9.17, 15) is 9.00 Å². The average molecular weight is 254 g/mol. The molecule has 86 valence electrons. The number of hydrogen-bond donors (Lipinski definition) is 0. The molecular weight excluding hydrogens is 240 g/mol. The van der Waals surface area contributed by atoms with Crippen molar-refractivity contribution in [1.29, 1.82) is 0 Å². The number of carbonyl (C=O) groups is 1. The third-order valence-corrected chi connectivity index (χ3v) is 6.87. The predicted molar refractivity (Wildman–Crippen MR) is 68.9 cm³/mol. The zero-order chi connectivity index (χ0) is 11.6. The SMILES string of the molecule is CC(=O)C1(c2ccccc2)SCCCS1=O. The molecule has 0 amide bonds. The highest BCUT2D eigenvalue weighted by Gasteiger charge is 2.45. The maximum atomic E-state index is 12.2. The second-order valence-electron chi connectivity index (χ2n) is 3.79. The Balaban J connectivity index is 2.51. The molecule has 1 heterocycles. The summed E-state index contributed by atoms with van der Waals surface area (Å²) in [5.41, 5.74) is 0.880. The minimum absolute atomic E-state index is 0.00160. The van der Waals surface area contributed by atoms with Crippen molar-refractivity contribution in [2.24, 2.45) is 0 Å². The lowest BCUT2D eigenvalue weighted by atomic mass is 10.1. The first-order chi connectivity index (χ1) is 7.68. The zero-order valence-corrected chi connectivity index (χ0v) is 10.8. The van der Waals surface area contributed by atoms with Gasteiger partial charge in [0.25, 0.3) is 0 Å². The monoisotopic (exact) mass is 254 g/mol. The Kier molecular flexibility index (Phi) is 3.50. The quantitative estimate of drug-likeness (QED) is 0.812. The van der Waals surface area contributed by atoms with E-state index in [1.807, 2.05) is 30.3 Å². The number of Topliss-reactive ketones (excluding diaryl/α,β-unsaturated/α-hetero) is 1. The van der Waals surface area contributed by atoms with Gasteiger partial charge in [0.2, 0.25) is 0 Å². The molecule has 1 fully saturated rings. The van der Waals surface area contributed by atoms with Crippen molar-refractivity contribution in [3.05, 3.63) is 35.9 Å². The highest BCUT2D eigenvalue weighted by molar-refractivity contribution is 8.13. The van der Waals surface area contributed by atoms with E-state index in [2.05, 4.69) is 0 Å². The molecule has 2 nitrogen and oxygen atoms in total. The topological polar surface area (TPSA) is 34.1 Å². The zero-order valence-electron chi connectivity index (χ0n) is 9.14. The van der Waals surface area contributed by atoms with Gasteiger partial charge in [0.1, 0.15) is 0 Å². The third kappa shape index (κ3) is 1.84. The molecule has 0 saturated carbocycles. The second kappa shape index (κ2) is 4.72. The molecule has 1 saturated heterocycles. The summed E-state index contributed by atoms with van der Waals surface area (Å²) in [4.78, 5) is 11.9. The van der Waals surface area contributed by atoms with Crippen LogP contribution in [0.4, 0.5) is 0 Å². The van der Waals surface area contributed by atoms with Gasteiger partial charge < -0.3 is 0 Å². The summed E-state index contributed by atoms with van der Waals surface area (Å²) >= 11 is 1.53. The number of hydrogen-bond acceptors (Lipinski definition) is 3. The van der Waals surface area contributed by atoms with Crippen molar-refractivity contribution in [2.75, 3.05) is 11.5 Å². The lowest BCUT2D eigenvalue weighted by Crippen LogP contribution is -2.39. The van der Waals surface area contributed by atoms with Crippen LogP contribution in [0.3, 0.4) is 0 Å². The molecule has 0 spiro atoms. The second-order valence-corrected chi connectivity index (χ2v) is 7.07. The Morgan fingerprint density at radius 2 is 2.06 bits per heavy atom. The summed E-state index contributed by atoms with van der Waals surface area (Å²) in [6, 6.07) is 9.50. The van der Waals surface area contributed by atoms with Crippen molar-refractivity contribution < 1.29 is 9.00 Å². The molecule has 16 heavy (non-hydrogen) atoms. The summed E-state index contributed by atoms with van der Waals surface area (Å²) < 4.78 is 11.4. The van der Waals surface area contributed by atoms with Crippen LogP contribution in [0.5, 0.6) is 0 Å². The van der Waals surface area contributed by atoms with Crippen molar-refractivity contribution in [3.63, 3.8) is 0 Å². The summed E-state index contributed by atoms with van der Waals surface area (Å²) in [6.45, 7) is 1.54. The van der Waals surface area contributed by atoms with Gasteiger partial charge in [0.05, 0.1) is 0 Å². The van der Waals surface area contributed by atoms with Crippen LogP contribution < -0.4 is 0 Å². The molecule has 2 rings (SSSR count). The summed E-state index contributed by atoms with van der Waals surface area (Å²) in [7, 11) is -1.10. The van der Waals surface area contributed by atoms with Crippen molar-refractivity contribution in [1.82, 2.24) is 0 Å². The van der Waals surface area contributed by atoms with Crippen LogP contribution in [0.25, 0.3) is 0 Å². The minimum atomic E-state index is -1.10. The van der Waals surface area contributed by atoms with Gasteiger partial charge in [-0.15, -0.1) is 11.8 Å². The Hall–Kier alpha value is -0.610. The van der Waals surface area contributed by atoms with Crippen LogP contribution in [0.2, 0.25) is 0 Å². The van der Waals surface area contributed by atoms with Gasteiger partial charge in [0.15, 0.2) is 9.86 Å². The number of rotatable bonds is 2. The molecule has 0 bridgehead atoms. The molecule has 1 aliphatic heterocycles. The molecule has 0 aromatic heterocycles. The van der Waals surface area contributed by atoms with Gasteiger partial charge >= 0.3 is 0 Å². The van der Waals surface area contributed by atoms with E-state index < -0.39 is 14.9 Å². The lowest BCUT2D eigenvalue weighted by molar-refractivity contribution is -0.117. The number of ketones is 1. The first-order valence-corrected chi connectivity index (χ1v) is 7.57.